The van der Waals surface area contributed by atoms with Crippen molar-refractivity contribution in [1.82, 2.24) is 4.90 Å². The van der Waals surface area contributed by atoms with Crippen LogP contribution in [0.2, 0.25) is 0 Å². The molecule has 2 aliphatic heterocycles. The van der Waals surface area contributed by atoms with Crippen LogP contribution in [0.15, 0.2) is 88.6 Å². The van der Waals surface area contributed by atoms with Gasteiger partial charge in [-0.05, 0) is 73.4 Å². The fraction of sp³-hybridized carbons (Fsp3) is 0.333. The fourth-order valence-corrected chi connectivity index (χ4v) is 8.89. The van der Waals surface area contributed by atoms with Gasteiger partial charge in [-0.15, -0.1) is 23.2 Å². The van der Waals surface area contributed by atoms with Crippen molar-refractivity contribution in [3.05, 3.63) is 83.9 Å². The number of fused-ring (bicyclic) bond motifs is 4. The number of imide groups is 2. The summed E-state index contributed by atoms with van der Waals surface area (Å²) in [5.41, 5.74) is 3.42. The van der Waals surface area contributed by atoms with E-state index in [9.17, 15) is 24.3 Å². The molecular weight excluding hydrogens is 669 g/mol. The Morgan fingerprint density at radius 3 is 2.12 bits per heavy atom. The molecule has 252 valence electrons. The number of phenols is 1. The SMILES string of the molecule is COc1cccc(C2C3=CCC4C(=O)N(c5ccc(N=Nc6ccc(N(C)C)cc6)cc5)C(=O)C4C3CC3(Cl)C(=O)N(C)C(=O)C23Cl)c1O. The van der Waals surface area contributed by atoms with Crippen molar-refractivity contribution in [1.29, 1.82) is 0 Å². The molecular formula is C36H33Cl2N5O6. The van der Waals surface area contributed by atoms with Gasteiger partial charge in [-0.25, -0.2) is 0 Å². The number of methoxy groups -OCH3 is 1. The molecule has 1 saturated carbocycles. The van der Waals surface area contributed by atoms with Gasteiger partial charge in [-0.2, -0.15) is 10.2 Å². The van der Waals surface area contributed by atoms with E-state index in [0.717, 1.165) is 10.6 Å². The number of anilines is 2. The Morgan fingerprint density at radius 2 is 1.51 bits per heavy atom. The lowest BCUT2D eigenvalue weighted by atomic mass is 9.56. The third-order valence-electron chi connectivity index (χ3n) is 10.3. The monoisotopic (exact) mass is 701 g/mol. The Balaban J connectivity index is 1.22. The van der Waals surface area contributed by atoms with Crippen LogP contribution in [-0.2, 0) is 19.2 Å². The number of halogens is 2. The van der Waals surface area contributed by atoms with Gasteiger partial charge in [0.2, 0.25) is 11.8 Å². The highest BCUT2D eigenvalue weighted by Crippen LogP contribution is 2.66. The number of rotatable bonds is 6. The predicted molar refractivity (Wildman–Crippen MR) is 184 cm³/mol. The van der Waals surface area contributed by atoms with Crippen LogP contribution in [0, 0.1) is 17.8 Å². The number of aromatic hydroxyl groups is 1. The molecule has 3 fully saturated rings. The van der Waals surface area contributed by atoms with E-state index in [4.69, 9.17) is 27.9 Å². The number of ether oxygens (including phenoxy) is 1. The third kappa shape index (κ3) is 4.69. The van der Waals surface area contributed by atoms with Crippen LogP contribution < -0.4 is 14.5 Å². The predicted octanol–water partition coefficient (Wildman–Crippen LogP) is 6.08. The van der Waals surface area contributed by atoms with Gasteiger partial charge >= 0.3 is 0 Å². The summed E-state index contributed by atoms with van der Waals surface area (Å²) in [5, 5.41) is 19.9. The lowest BCUT2D eigenvalue weighted by Crippen LogP contribution is -2.60. The Labute approximate surface area is 292 Å². The maximum Gasteiger partial charge on any atom is 0.253 e. The van der Waals surface area contributed by atoms with Gasteiger partial charge in [0.05, 0.1) is 36.0 Å². The number of hydrogen-bond acceptors (Lipinski definition) is 9. The molecule has 4 amide bonds. The standard InChI is InChI=1S/C36H33Cl2N5O6/c1-41(2)21-12-8-19(9-13-21)39-40-20-10-14-22(15-11-20)43-31(45)24-17-16-23-26(28(24)32(43)46)18-35(37)33(47)42(3)34(48)36(35,38)29(23)25-6-5-7-27(49-4)30(25)44/h5-16,24,26,28-29,44H,17-18H2,1-4H3. The number of likely N-dealkylation sites (tertiary alicyclic amines) is 1. The summed E-state index contributed by atoms with van der Waals surface area (Å²) < 4.78 is 5.35. The average Bonchev–Trinajstić information content (AvgIpc) is 3.42. The Bertz CT molecular complexity index is 1960. The van der Waals surface area contributed by atoms with E-state index in [1.165, 1.54) is 19.1 Å². The number of alkyl halides is 2. The number of para-hydroxylation sites is 1. The second-order valence-electron chi connectivity index (χ2n) is 13.0. The zero-order valence-electron chi connectivity index (χ0n) is 27.1. The molecule has 49 heavy (non-hydrogen) atoms. The largest absolute Gasteiger partial charge is 0.504 e. The summed E-state index contributed by atoms with van der Waals surface area (Å²) >= 11 is 14.4. The van der Waals surface area contributed by atoms with Gasteiger partial charge in [0.1, 0.15) is 0 Å². The van der Waals surface area contributed by atoms with Crippen LogP contribution in [0.1, 0.15) is 24.3 Å². The first-order chi connectivity index (χ1) is 23.3. The topological polar surface area (TPSA) is 132 Å². The number of nitrogens with zero attached hydrogens (tertiary/aromatic N) is 5. The summed E-state index contributed by atoms with van der Waals surface area (Å²) in [4.78, 5) is 55.8. The molecule has 0 bridgehead atoms. The van der Waals surface area contributed by atoms with E-state index in [-0.39, 0.29) is 35.8 Å². The highest BCUT2D eigenvalue weighted by atomic mass is 35.5. The molecule has 3 aromatic rings. The molecule has 3 aromatic carbocycles. The molecule has 6 atom stereocenters. The van der Waals surface area contributed by atoms with E-state index in [0.29, 0.717) is 22.6 Å². The molecule has 4 aliphatic rings. The summed E-state index contributed by atoms with van der Waals surface area (Å²) in [5.74, 6) is -5.76. The first-order valence-corrected chi connectivity index (χ1v) is 16.5. The molecule has 13 heteroatoms. The maximum absolute atomic E-state index is 14.3. The van der Waals surface area contributed by atoms with Crippen molar-refractivity contribution in [3.63, 3.8) is 0 Å². The van der Waals surface area contributed by atoms with Gasteiger partial charge in [0, 0.05) is 38.3 Å². The van der Waals surface area contributed by atoms with Crippen LogP contribution in [0.4, 0.5) is 22.7 Å². The van der Waals surface area contributed by atoms with E-state index >= 15 is 0 Å². The van der Waals surface area contributed by atoms with E-state index in [1.54, 1.807) is 42.5 Å². The summed E-state index contributed by atoms with van der Waals surface area (Å²) in [6.45, 7) is 0. The van der Waals surface area contributed by atoms with E-state index < -0.39 is 51.1 Å². The molecule has 2 aliphatic carbocycles. The molecule has 0 spiro atoms. The Hall–Kier alpha value is -4.74. The number of carbonyl (C=O) groups excluding carboxylic acids is 4. The number of allylic oxidation sites excluding steroid dienone is 2. The van der Waals surface area contributed by atoms with Gasteiger partial charge in [0.15, 0.2) is 21.2 Å². The lowest BCUT2D eigenvalue weighted by Gasteiger charge is -2.50. The van der Waals surface area contributed by atoms with Crippen LogP contribution >= 0.6 is 23.2 Å². The smallest absolute Gasteiger partial charge is 0.253 e. The quantitative estimate of drug-likeness (QED) is 0.143. The Morgan fingerprint density at radius 1 is 0.878 bits per heavy atom. The molecule has 0 aromatic heterocycles. The molecule has 11 nitrogen and oxygen atoms in total. The number of phenolic OH excluding ortho intramolecular Hbond substituents is 1. The minimum atomic E-state index is -2.01. The molecule has 1 N–H and O–H groups in total. The third-order valence-corrected chi connectivity index (χ3v) is 11.7. The normalized spacial score (nSPS) is 29.2. The summed E-state index contributed by atoms with van der Waals surface area (Å²) in [6.07, 6.45) is 1.86. The van der Waals surface area contributed by atoms with Crippen molar-refractivity contribution in [3.8, 4) is 11.5 Å². The second-order valence-corrected chi connectivity index (χ2v) is 14.3. The second kappa shape index (κ2) is 11.7. The molecule has 6 unspecified atom stereocenters. The van der Waals surface area contributed by atoms with Crippen LogP contribution in [0.25, 0.3) is 0 Å². The highest BCUT2D eigenvalue weighted by molar-refractivity contribution is 6.53. The van der Waals surface area contributed by atoms with Crippen LogP contribution in [0.5, 0.6) is 11.5 Å². The highest BCUT2D eigenvalue weighted by Gasteiger charge is 2.76. The van der Waals surface area contributed by atoms with E-state index in [2.05, 4.69) is 10.2 Å². The lowest BCUT2D eigenvalue weighted by molar-refractivity contribution is -0.138. The zero-order valence-corrected chi connectivity index (χ0v) is 28.6. The summed E-state index contributed by atoms with van der Waals surface area (Å²) in [7, 11) is 6.61. The minimum absolute atomic E-state index is 0.142. The molecule has 2 heterocycles. The van der Waals surface area contributed by atoms with E-state index in [1.807, 2.05) is 49.3 Å². The number of azo groups is 1. The minimum Gasteiger partial charge on any atom is -0.504 e. The number of hydrogen-bond donors (Lipinski definition) is 1. The van der Waals surface area contributed by atoms with Crippen molar-refractivity contribution in [2.45, 2.75) is 28.5 Å². The first-order valence-electron chi connectivity index (χ1n) is 15.8. The van der Waals surface area contributed by atoms with Gasteiger partial charge < -0.3 is 14.7 Å². The maximum atomic E-state index is 14.3. The van der Waals surface area contributed by atoms with Crippen molar-refractivity contribution in [2.75, 3.05) is 38.1 Å². The zero-order chi connectivity index (χ0) is 35.0. The molecule has 2 saturated heterocycles. The molecule has 7 rings (SSSR count). The number of amides is 4. The van der Waals surface area contributed by atoms with Crippen LogP contribution in [-0.4, -0.2) is 71.6 Å². The van der Waals surface area contributed by atoms with Crippen LogP contribution in [0.3, 0.4) is 0 Å². The fourth-order valence-electron chi connectivity index (χ4n) is 7.88. The van der Waals surface area contributed by atoms with Crippen molar-refractivity contribution < 1.29 is 29.0 Å². The summed E-state index contributed by atoms with van der Waals surface area (Å²) in [6, 6.07) is 19.0. The van der Waals surface area contributed by atoms with Crippen molar-refractivity contribution >= 4 is 69.6 Å². The van der Waals surface area contributed by atoms with Gasteiger partial charge in [-0.1, -0.05) is 23.8 Å². The Kier molecular flexibility index (Phi) is 7.83. The average molecular weight is 703 g/mol. The molecule has 0 radical (unpaired) electrons. The van der Waals surface area contributed by atoms with Crippen molar-refractivity contribution in [2.24, 2.45) is 28.0 Å². The van der Waals surface area contributed by atoms with Gasteiger partial charge in [-0.3, -0.25) is 29.0 Å². The number of carbonyl (C=O) groups is 4. The van der Waals surface area contributed by atoms with Gasteiger partial charge in [0.25, 0.3) is 11.8 Å². The number of benzene rings is 3. The first kappa shape index (κ1) is 32.8.